The number of aromatic nitrogens is 3. The van der Waals surface area contributed by atoms with Gasteiger partial charge in [0.2, 0.25) is 0 Å². The molecule has 1 aliphatic carbocycles. The zero-order valence-corrected chi connectivity index (χ0v) is 30.5. The lowest BCUT2D eigenvalue weighted by molar-refractivity contribution is -0.0258. The standard InChI is InChI=1S/C38H49F2N9O4/c1-5-36(27(2)50)44-49-37(51)48(26-43-49)32-9-7-30(8-10-32)46-16-18-47(19-17-46)31-11-13-33(14-12-31)52-22-28-21-38(53-23-28,24-45(4)42-25-41-3)34-15-6-29(39)20-35(34)40/h6-7,9-15,20,25-28,30,36,44,50H,3,5,8,16-19,21-24H2,1-2,4H3/b42-25-/t27?,28-,30?,36?,38+/m1/s1. The second kappa shape index (κ2) is 16.9. The first-order valence-electron chi connectivity index (χ1n) is 18.1. The minimum absolute atomic E-state index is 0.0214. The highest BCUT2D eigenvalue weighted by Gasteiger charge is 2.45. The van der Waals surface area contributed by atoms with Gasteiger partial charge in [0.15, 0.2) is 0 Å². The number of nitrogens with zero attached hydrogens (tertiary/aromatic N) is 8. The lowest BCUT2D eigenvalue weighted by Crippen LogP contribution is -2.50. The first kappa shape index (κ1) is 37.9. The lowest BCUT2D eigenvalue weighted by atomic mass is 9.86. The van der Waals surface area contributed by atoms with E-state index < -0.39 is 23.3 Å². The number of likely N-dealkylation sites (N-methyl/N-ethyl adjacent to an activating group) is 1. The average molecular weight is 734 g/mol. The average Bonchev–Trinajstić information content (AvgIpc) is 3.74. The lowest BCUT2D eigenvalue weighted by Gasteiger charge is -2.39. The SMILES string of the molecule is C=N/C=N\N(C)C[C@]1(c2ccc(F)cc2F)C[C@H](COc2ccc(N3CCN(C4C=CC(n5cnn(NC(CC)C(C)O)c5=O)=CC4)CC3)cc2)CO1. The summed E-state index contributed by atoms with van der Waals surface area (Å²) in [6.07, 6.45) is 10.3. The van der Waals surface area contributed by atoms with E-state index >= 15 is 4.39 Å². The van der Waals surface area contributed by atoms with Crippen LogP contribution >= 0.6 is 0 Å². The third-order valence-corrected chi connectivity index (χ3v) is 10.2. The molecule has 0 amide bonds. The van der Waals surface area contributed by atoms with Crippen molar-refractivity contribution in [1.29, 1.82) is 0 Å². The number of allylic oxidation sites excluding steroid dienone is 2. The van der Waals surface area contributed by atoms with E-state index in [0.29, 0.717) is 26.1 Å². The highest BCUT2D eigenvalue weighted by atomic mass is 19.1. The molecule has 53 heavy (non-hydrogen) atoms. The van der Waals surface area contributed by atoms with Crippen molar-refractivity contribution in [3.05, 3.63) is 94.7 Å². The van der Waals surface area contributed by atoms with Crippen LogP contribution in [0.4, 0.5) is 14.5 Å². The monoisotopic (exact) mass is 733 g/mol. The van der Waals surface area contributed by atoms with E-state index in [1.807, 2.05) is 25.1 Å². The van der Waals surface area contributed by atoms with Crippen LogP contribution in [0.15, 0.2) is 81.9 Å². The molecule has 3 unspecified atom stereocenters. The Labute approximate surface area is 308 Å². The molecule has 2 N–H and O–H groups in total. The van der Waals surface area contributed by atoms with E-state index in [4.69, 9.17) is 9.47 Å². The molecule has 1 aromatic heterocycles. The van der Waals surface area contributed by atoms with Crippen molar-refractivity contribution < 1.29 is 23.4 Å². The molecule has 5 atom stereocenters. The maximum absolute atomic E-state index is 15.0. The number of aliphatic imine (C=N–C) groups is 1. The molecule has 0 bridgehead atoms. The Bertz CT molecular complexity index is 1850. The first-order valence-corrected chi connectivity index (χ1v) is 18.1. The number of benzene rings is 2. The molecule has 3 aromatic rings. The molecule has 2 fully saturated rings. The second-order valence-electron chi connectivity index (χ2n) is 13.9. The van der Waals surface area contributed by atoms with Gasteiger partial charge in [0.1, 0.15) is 35.7 Å². The summed E-state index contributed by atoms with van der Waals surface area (Å²) in [5.74, 6) is -0.586. The van der Waals surface area contributed by atoms with E-state index in [1.165, 1.54) is 34.2 Å². The van der Waals surface area contributed by atoms with Gasteiger partial charge in [-0.1, -0.05) is 25.1 Å². The summed E-state index contributed by atoms with van der Waals surface area (Å²) in [6, 6.07) is 11.6. The fraction of sp³-hybridized carbons (Fsp3) is 0.474. The summed E-state index contributed by atoms with van der Waals surface area (Å²) in [6.45, 7) is 11.6. The normalized spacial score (nSPS) is 23.2. The van der Waals surface area contributed by atoms with Gasteiger partial charge >= 0.3 is 5.69 Å². The quantitative estimate of drug-likeness (QED) is 0.136. The van der Waals surface area contributed by atoms with E-state index in [2.05, 4.69) is 61.4 Å². The number of halogens is 2. The molecule has 0 saturated carbocycles. The number of aliphatic hydroxyl groups excluding tert-OH is 1. The predicted octanol–water partition coefficient (Wildman–Crippen LogP) is 3.90. The van der Waals surface area contributed by atoms with Gasteiger partial charge in [-0.25, -0.2) is 18.1 Å². The van der Waals surface area contributed by atoms with Crippen LogP contribution < -0.4 is 20.8 Å². The fourth-order valence-corrected chi connectivity index (χ4v) is 7.34. The Hall–Kier alpha value is -4.86. The molecule has 3 aliphatic rings. The summed E-state index contributed by atoms with van der Waals surface area (Å²) in [4.78, 5) is 22.6. The number of piperazine rings is 1. The molecule has 284 valence electrons. The molecule has 6 rings (SSSR count). The number of ether oxygens (including phenoxy) is 2. The second-order valence-corrected chi connectivity index (χ2v) is 13.9. The summed E-state index contributed by atoms with van der Waals surface area (Å²) in [7, 11) is 1.74. The highest BCUT2D eigenvalue weighted by Crippen LogP contribution is 2.41. The van der Waals surface area contributed by atoms with Crippen molar-refractivity contribution in [2.24, 2.45) is 16.0 Å². The maximum atomic E-state index is 15.0. The molecule has 0 spiro atoms. The van der Waals surface area contributed by atoms with Gasteiger partial charge in [-0.3, -0.25) is 20.3 Å². The number of anilines is 1. The van der Waals surface area contributed by atoms with Crippen LogP contribution in [0.5, 0.6) is 5.75 Å². The minimum Gasteiger partial charge on any atom is -0.493 e. The maximum Gasteiger partial charge on any atom is 0.369 e. The topological polar surface area (TPSA) is 125 Å². The van der Waals surface area contributed by atoms with Crippen LogP contribution in [0.1, 0.15) is 38.7 Å². The number of rotatable bonds is 15. The van der Waals surface area contributed by atoms with Crippen molar-refractivity contribution in [2.45, 2.75) is 56.9 Å². The molecular weight excluding hydrogens is 684 g/mol. The zero-order valence-electron chi connectivity index (χ0n) is 30.5. The van der Waals surface area contributed by atoms with Crippen LogP contribution in [0.3, 0.4) is 0 Å². The summed E-state index contributed by atoms with van der Waals surface area (Å²) in [5.41, 5.74) is 3.85. The van der Waals surface area contributed by atoms with Crippen molar-refractivity contribution in [2.75, 3.05) is 63.3 Å². The number of nitrogens with one attached hydrogen (secondary N) is 1. The van der Waals surface area contributed by atoms with Crippen LogP contribution in [0, 0.1) is 17.6 Å². The predicted molar refractivity (Wildman–Crippen MR) is 202 cm³/mol. The van der Waals surface area contributed by atoms with Crippen LogP contribution in [0.25, 0.3) is 5.70 Å². The summed E-state index contributed by atoms with van der Waals surface area (Å²) < 4.78 is 42.7. The third kappa shape index (κ3) is 8.86. The fourth-order valence-electron chi connectivity index (χ4n) is 7.34. The van der Waals surface area contributed by atoms with Gasteiger partial charge in [0.05, 0.1) is 31.9 Å². The Morgan fingerprint density at radius 3 is 2.64 bits per heavy atom. The van der Waals surface area contributed by atoms with E-state index in [-0.39, 0.29) is 35.8 Å². The van der Waals surface area contributed by atoms with Crippen molar-refractivity contribution in [3.8, 4) is 5.75 Å². The number of aliphatic hydroxyl groups is 1. The summed E-state index contributed by atoms with van der Waals surface area (Å²) in [5, 5.41) is 19.9. The van der Waals surface area contributed by atoms with Crippen molar-refractivity contribution in [3.63, 3.8) is 0 Å². The highest BCUT2D eigenvalue weighted by molar-refractivity contribution is 5.61. The smallest absolute Gasteiger partial charge is 0.369 e. The Balaban J connectivity index is 0.985. The van der Waals surface area contributed by atoms with Gasteiger partial charge in [-0.15, -0.1) is 9.89 Å². The zero-order chi connectivity index (χ0) is 37.5. The van der Waals surface area contributed by atoms with Gasteiger partial charge in [-0.2, -0.15) is 5.10 Å². The molecule has 2 aliphatic heterocycles. The number of hydrogen-bond acceptors (Lipinski definition) is 10. The van der Waals surface area contributed by atoms with Crippen LogP contribution in [-0.2, 0) is 10.3 Å². The molecule has 0 radical (unpaired) electrons. The van der Waals surface area contributed by atoms with E-state index in [0.717, 1.165) is 55.8 Å². The molecular formula is C38H49F2N9O4. The van der Waals surface area contributed by atoms with Gasteiger partial charge in [-0.05, 0) is 69.3 Å². The number of hydrazone groups is 1. The van der Waals surface area contributed by atoms with Gasteiger partial charge in [0.25, 0.3) is 0 Å². The Morgan fingerprint density at radius 1 is 1.21 bits per heavy atom. The molecule has 13 nitrogen and oxygen atoms in total. The molecule has 3 heterocycles. The van der Waals surface area contributed by atoms with Gasteiger partial charge < -0.3 is 19.5 Å². The molecule has 2 aromatic carbocycles. The number of hydrogen-bond donors (Lipinski definition) is 2. The van der Waals surface area contributed by atoms with Crippen LogP contribution in [-0.4, -0.2) is 114 Å². The third-order valence-electron chi connectivity index (χ3n) is 10.2. The Morgan fingerprint density at radius 2 is 1.98 bits per heavy atom. The largest absolute Gasteiger partial charge is 0.493 e. The molecule has 15 heteroatoms. The Kier molecular flexibility index (Phi) is 12.1. The van der Waals surface area contributed by atoms with E-state index in [9.17, 15) is 14.3 Å². The van der Waals surface area contributed by atoms with Crippen molar-refractivity contribution >= 4 is 24.4 Å². The van der Waals surface area contributed by atoms with Gasteiger partial charge in [0, 0.05) is 68.2 Å². The minimum atomic E-state index is -1.03. The summed E-state index contributed by atoms with van der Waals surface area (Å²) >= 11 is 0. The molecule has 2 saturated heterocycles. The van der Waals surface area contributed by atoms with E-state index in [1.54, 1.807) is 19.0 Å². The van der Waals surface area contributed by atoms with Crippen LogP contribution in [0.2, 0.25) is 0 Å². The van der Waals surface area contributed by atoms with Crippen molar-refractivity contribution in [1.82, 2.24) is 24.4 Å². The first-order chi connectivity index (χ1) is 25.6.